The van der Waals surface area contributed by atoms with E-state index in [2.05, 4.69) is 21.4 Å². The average molecular weight is 594 g/mol. The second kappa shape index (κ2) is 10.9. The van der Waals surface area contributed by atoms with Crippen molar-refractivity contribution in [2.45, 2.75) is 15.1 Å². The topological polar surface area (TPSA) is 118 Å². The first-order valence-electron chi connectivity index (χ1n) is 11.8. The van der Waals surface area contributed by atoms with Crippen molar-refractivity contribution in [1.29, 1.82) is 0 Å². The van der Waals surface area contributed by atoms with Gasteiger partial charge in [0.1, 0.15) is 0 Å². The molecule has 39 heavy (non-hydrogen) atoms. The zero-order valence-electron chi connectivity index (χ0n) is 20.2. The number of carbonyl (C=O) groups is 2. The SMILES string of the molecule is O=C(CSc1nc2ccc([N+](=O)[O-])cc2s1)Nc1ccc2nc(SCC(=O)N3CCc4ccccc43)sc2c1. The van der Waals surface area contributed by atoms with Gasteiger partial charge >= 0.3 is 0 Å². The number of rotatable bonds is 8. The molecule has 1 N–H and O–H groups in total. The van der Waals surface area contributed by atoms with Crippen LogP contribution in [0.2, 0.25) is 0 Å². The van der Waals surface area contributed by atoms with E-state index in [1.807, 2.05) is 41.3 Å². The fraction of sp³-hybridized carbons (Fsp3) is 0.154. The van der Waals surface area contributed by atoms with E-state index < -0.39 is 4.92 Å². The molecule has 13 heteroatoms. The van der Waals surface area contributed by atoms with Gasteiger partial charge in [0.05, 0.1) is 36.9 Å². The zero-order chi connectivity index (χ0) is 26.9. The molecule has 0 fully saturated rings. The number of hydrogen-bond acceptors (Lipinski definition) is 10. The summed E-state index contributed by atoms with van der Waals surface area (Å²) in [6, 6.07) is 18.1. The third kappa shape index (κ3) is 5.62. The molecule has 0 saturated heterocycles. The lowest BCUT2D eigenvalue weighted by atomic mass is 10.2. The summed E-state index contributed by atoms with van der Waals surface area (Å²) in [4.78, 5) is 46.9. The molecule has 2 aromatic heterocycles. The van der Waals surface area contributed by atoms with Gasteiger partial charge in [-0.25, -0.2) is 9.97 Å². The van der Waals surface area contributed by atoms with E-state index in [0.29, 0.717) is 32.5 Å². The maximum Gasteiger partial charge on any atom is 0.270 e. The van der Waals surface area contributed by atoms with Crippen molar-refractivity contribution in [3.8, 4) is 0 Å². The van der Waals surface area contributed by atoms with Crippen LogP contribution in [-0.4, -0.2) is 44.8 Å². The summed E-state index contributed by atoms with van der Waals surface area (Å²) >= 11 is 5.53. The molecule has 0 aliphatic carbocycles. The van der Waals surface area contributed by atoms with E-state index in [1.165, 1.54) is 63.9 Å². The zero-order valence-corrected chi connectivity index (χ0v) is 23.4. The molecule has 9 nitrogen and oxygen atoms in total. The minimum absolute atomic E-state index is 0.0180. The van der Waals surface area contributed by atoms with Crippen LogP contribution < -0.4 is 10.2 Å². The molecule has 0 saturated carbocycles. The van der Waals surface area contributed by atoms with Crippen LogP contribution in [0, 0.1) is 10.1 Å². The van der Waals surface area contributed by atoms with Crippen molar-refractivity contribution >= 4 is 95.5 Å². The minimum atomic E-state index is -0.436. The molecule has 2 amide bonds. The van der Waals surface area contributed by atoms with Crippen LogP contribution in [0.25, 0.3) is 20.4 Å². The predicted molar refractivity (Wildman–Crippen MR) is 158 cm³/mol. The Labute approximate surface area is 238 Å². The predicted octanol–water partition coefficient (Wildman–Crippen LogP) is 6.23. The number of non-ortho nitro benzene ring substituents is 1. The normalized spacial score (nSPS) is 12.7. The number of nitro benzene ring substituents is 1. The number of carbonyl (C=O) groups excluding carboxylic acids is 2. The number of anilines is 2. The largest absolute Gasteiger partial charge is 0.325 e. The molecule has 3 aromatic carbocycles. The number of thiazole rings is 2. The smallest absolute Gasteiger partial charge is 0.270 e. The van der Waals surface area contributed by atoms with Crippen molar-refractivity contribution in [3.63, 3.8) is 0 Å². The summed E-state index contributed by atoms with van der Waals surface area (Å²) < 4.78 is 3.12. The number of nitro groups is 1. The van der Waals surface area contributed by atoms with Crippen LogP contribution in [0.1, 0.15) is 5.56 Å². The first kappa shape index (κ1) is 25.7. The van der Waals surface area contributed by atoms with Gasteiger partial charge in [0, 0.05) is 30.1 Å². The summed E-state index contributed by atoms with van der Waals surface area (Å²) in [6.07, 6.45) is 0.881. The van der Waals surface area contributed by atoms with Crippen molar-refractivity contribution in [2.24, 2.45) is 0 Å². The Morgan fingerprint density at radius 3 is 2.41 bits per heavy atom. The number of amides is 2. The number of aromatic nitrogens is 2. The molecule has 3 heterocycles. The third-order valence-electron chi connectivity index (χ3n) is 6.05. The van der Waals surface area contributed by atoms with E-state index in [4.69, 9.17) is 0 Å². The standard InChI is InChI=1S/C26H19N5O4S4/c32-23(13-36-25-29-19-8-6-17(31(34)35)12-22(19)39-25)27-16-5-7-18-21(11-16)38-26(28-18)37-14-24(33)30-10-9-15-3-1-2-4-20(15)30/h1-8,11-12H,9-10,13-14H2,(H,27,32). The Morgan fingerprint density at radius 1 is 0.949 bits per heavy atom. The fourth-order valence-electron chi connectivity index (χ4n) is 4.23. The van der Waals surface area contributed by atoms with E-state index in [1.54, 1.807) is 6.07 Å². The van der Waals surface area contributed by atoms with Crippen molar-refractivity contribution in [3.05, 3.63) is 76.3 Å². The van der Waals surface area contributed by atoms with E-state index >= 15 is 0 Å². The number of benzene rings is 3. The Hall–Kier alpha value is -3.52. The van der Waals surface area contributed by atoms with Gasteiger partial charge in [-0.3, -0.25) is 19.7 Å². The summed E-state index contributed by atoms with van der Waals surface area (Å²) in [5, 5.41) is 13.9. The molecular weight excluding hydrogens is 575 g/mol. The molecule has 0 spiro atoms. The number of nitrogens with zero attached hydrogens (tertiary/aromatic N) is 4. The number of hydrogen-bond donors (Lipinski definition) is 1. The lowest BCUT2D eigenvalue weighted by molar-refractivity contribution is -0.384. The molecule has 1 aliphatic heterocycles. The van der Waals surface area contributed by atoms with Gasteiger partial charge in [0.15, 0.2) is 8.68 Å². The molecule has 0 atom stereocenters. The monoisotopic (exact) mass is 593 g/mol. The maximum atomic E-state index is 12.8. The highest BCUT2D eigenvalue weighted by Crippen LogP contribution is 2.34. The average Bonchev–Trinajstić information content (AvgIpc) is 3.65. The number of nitrogens with one attached hydrogen (secondary N) is 1. The van der Waals surface area contributed by atoms with Crippen LogP contribution in [0.3, 0.4) is 0 Å². The maximum absolute atomic E-state index is 12.8. The van der Waals surface area contributed by atoms with Gasteiger partial charge in [0.25, 0.3) is 5.69 Å². The summed E-state index contributed by atoms with van der Waals surface area (Å²) in [5.41, 5.74) is 4.37. The third-order valence-corrected chi connectivity index (χ3v) is 10.4. The highest BCUT2D eigenvalue weighted by Gasteiger charge is 2.24. The highest BCUT2D eigenvalue weighted by atomic mass is 32.2. The van der Waals surface area contributed by atoms with Crippen LogP contribution >= 0.6 is 46.2 Å². The van der Waals surface area contributed by atoms with Crippen LogP contribution in [0.4, 0.5) is 17.1 Å². The Morgan fingerprint density at radius 2 is 1.64 bits per heavy atom. The Bertz CT molecular complexity index is 1750. The molecule has 0 unspecified atom stereocenters. The van der Waals surface area contributed by atoms with Gasteiger partial charge in [-0.2, -0.15) is 0 Å². The summed E-state index contributed by atoms with van der Waals surface area (Å²) in [6.45, 7) is 0.710. The van der Waals surface area contributed by atoms with Crippen LogP contribution in [0.15, 0.2) is 69.3 Å². The molecule has 1 aliphatic rings. The van der Waals surface area contributed by atoms with Gasteiger partial charge in [-0.1, -0.05) is 41.7 Å². The first-order valence-corrected chi connectivity index (χ1v) is 15.4. The Balaban J connectivity index is 1.04. The summed E-state index contributed by atoms with van der Waals surface area (Å²) in [5.74, 6) is 0.362. The summed E-state index contributed by atoms with van der Waals surface area (Å²) in [7, 11) is 0. The van der Waals surface area contributed by atoms with Crippen molar-refractivity contribution in [2.75, 3.05) is 28.3 Å². The van der Waals surface area contributed by atoms with Crippen LogP contribution in [-0.2, 0) is 16.0 Å². The number of thioether (sulfide) groups is 2. The van der Waals surface area contributed by atoms with Crippen LogP contribution in [0.5, 0.6) is 0 Å². The van der Waals surface area contributed by atoms with E-state index in [9.17, 15) is 19.7 Å². The van der Waals surface area contributed by atoms with Crippen molar-refractivity contribution < 1.29 is 14.5 Å². The second-order valence-corrected chi connectivity index (χ2v) is 13.1. The molecule has 5 aromatic rings. The van der Waals surface area contributed by atoms with E-state index in [-0.39, 0.29) is 23.3 Å². The minimum Gasteiger partial charge on any atom is -0.325 e. The molecule has 196 valence electrons. The number of para-hydroxylation sites is 1. The lowest BCUT2D eigenvalue weighted by Gasteiger charge is -2.16. The Kier molecular flexibility index (Phi) is 7.21. The quantitative estimate of drug-likeness (QED) is 0.128. The second-order valence-electron chi connectivity index (χ2n) is 8.60. The van der Waals surface area contributed by atoms with E-state index in [0.717, 1.165) is 26.7 Å². The lowest BCUT2D eigenvalue weighted by Crippen LogP contribution is -2.30. The van der Waals surface area contributed by atoms with Gasteiger partial charge in [0.2, 0.25) is 11.8 Å². The molecule has 6 rings (SSSR count). The molecular formula is C26H19N5O4S4. The highest BCUT2D eigenvalue weighted by molar-refractivity contribution is 8.02. The fourth-order valence-corrected chi connectivity index (χ4v) is 8.12. The molecule has 0 radical (unpaired) electrons. The molecule has 0 bridgehead atoms. The number of fused-ring (bicyclic) bond motifs is 3. The van der Waals surface area contributed by atoms with Gasteiger partial charge in [-0.05, 0) is 42.3 Å². The van der Waals surface area contributed by atoms with Gasteiger partial charge in [-0.15, -0.1) is 22.7 Å². The van der Waals surface area contributed by atoms with Gasteiger partial charge < -0.3 is 10.2 Å². The first-order chi connectivity index (χ1) is 18.9. The van der Waals surface area contributed by atoms with Crippen molar-refractivity contribution in [1.82, 2.24) is 9.97 Å².